The highest BCUT2D eigenvalue weighted by Crippen LogP contribution is 2.33. The van der Waals surface area contributed by atoms with Gasteiger partial charge in [0.15, 0.2) is 0 Å². The number of nitrogens with zero attached hydrogens (tertiary/aromatic N) is 3. The fraction of sp³-hybridized carbons (Fsp3) is 0.143. The SMILES string of the molecule is [N-]=[N+]=NS(=O)(=O)c1cc(C(F)(F)F)ccc1Cl. The summed E-state index contributed by atoms with van der Waals surface area (Å²) in [5.41, 5.74) is 6.80. The molecule has 0 N–H and O–H groups in total. The molecule has 0 unspecified atom stereocenters. The van der Waals surface area contributed by atoms with Crippen molar-refractivity contribution in [1.29, 1.82) is 0 Å². The van der Waals surface area contributed by atoms with Crippen molar-refractivity contribution in [2.45, 2.75) is 11.1 Å². The summed E-state index contributed by atoms with van der Waals surface area (Å²) >= 11 is 5.44. The van der Waals surface area contributed by atoms with Crippen LogP contribution in [-0.2, 0) is 16.2 Å². The Morgan fingerprint density at radius 1 is 1.35 bits per heavy atom. The second-order valence-electron chi connectivity index (χ2n) is 2.79. The van der Waals surface area contributed by atoms with Crippen LogP contribution in [0.3, 0.4) is 0 Å². The van der Waals surface area contributed by atoms with Gasteiger partial charge in [-0.05, 0) is 23.7 Å². The molecule has 0 radical (unpaired) electrons. The van der Waals surface area contributed by atoms with Gasteiger partial charge in [-0.1, -0.05) is 11.6 Å². The minimum absolute atomic E-state index is 0.312. The van der Waals surface area contributed by atoms with Crippen molar-refractivity contribution in [3.8, 4) is 0 Å². The lowest BCUT2D eigenvalue weighted by molar-refractivity contribution is -0.137. The predicted molar refractivity (Wildman–Crippen MR) is 52.8 cm³/mol. The maximum atomic E-state index is 12.3. The summed E-state index contributed by atoms with van der Waals surface area (Å²) < 4.78 is 61.9. The van der Waals surface area contributed by atoms with Crippen molar-refractivity contribution in [3.05, 3.63) is 39.2 Å². The molecule has 0 atom stereocenters. The summed E-state index contributed by atoms with van der Waals surface area (Å²) in [6, 6.07) is 1.70. The Bertz CT molecular complexity index is 593. The lowest BCUT2D eigenvalue weighted by atomic mass is 10.2. The molecule has 0 aliphatic heterocycles. The van der Waals surface area contributed by atoms with Crippen LogP contribution >= 0.6 is 11.6 Å². The number of rotatable bonds is 2. The van der Waals surface area contributed by atoms with Crippen LogP contribution in [0.5, 0.6) is 0 Å². The molecule has 92 valence electrons. The van der Waals surface area contributed by atoms with E-state index in [1.165, 1.54) is 0 Å². The number of sulfonamides is 1. The van der Waals surface area contributed by atoms with E-state index in [1.54, 1.807) is 0 Å². The first-order valence-electron chi connectivity index (χ1n) is 3.86. The Morgan fingerprint density at radius 2 is 1.94 bits per heavy atom. The molecule has 0 fully saturated rings. The molecule has 0 heterocycles. The number of halogens is 4. The Morgan fingerprint density at radius 3 is 2.41 bits per heavy atom. The van der Waals surface area contributed by atoms with Crippen molar-refractivity contribution in [3.63, 3.8) is 0 Å². The molecule has 1 aromatic rings. The van der Waals surface area contributed by atoms with Crippen LogP contribution in [0.25, 0.3) is 10.4 Å². The standard InChI is InChI=1S/C7H3ClF3N3O2S/c8-5-2-1-4(7(9,10)11)3-6(5)17(15,16)14-13-12/h1-3H. The zero-order valence-corrected chi connectivity index (χ0v) is 9.38. The fourth-order valence-electron chi connectivity index (χ4n) is 0.969. The summed E-state index contributed by atoms with van der Waals surface area (Å²) in [6.45, 7) is 0. The number of azide groups is 1. The third-order valence-electron chi connectivity index (χ3n) is 1.68. The maximum absolute atomic E-state index is 12.3. The molecular weight excluding hydrogens is 283 g/mol. The van der Waals surface area contributed by atoms with Crippen LogP contribution in [-0.4, -0.2) is 8.42 Å². The van der Waals surface area contributed by atoms with Gasteiger partial charge >= 0.3 is 6.18 Å². The smallest absolute Gasteiger partial charge is 0.216 e. The highest BCUT2D eigenvalue weighted by molar-refractivity contribution is 7.90. The van der Waals surface area contributed by atoms with E-state index in [2.05, 4.69) is 4.52 Å². The summed E-state index contributed by atoms with van der Waals surface area (Å²) in [6.07, 6.45) is -4.72. The minimum Gasteiger partial charge on any atom is -0.216 e. The average molecular weight is 286 g/mol. The Kier molecular flexibility index (Phi) is 3.56. The highest BCUT2D eigenvalue weighted by atomic mass is 35.5. The van der Waals surface area contributed by atoms with Gasteiger partial charge in [-0.25, -0.2) is 8.42 Å². The monoisotopic (exact) mass is 285 g/mol. The molecule has 0 amide bonds. The van der Waals surface area contributed by atoms with E-state index >= 15 is 0 Å². The number of alkyl halides is 3. The molecule has 0 aromatic heterocycles. The Balaban J connectivity index is 3.50. The molecule has 10 heteroatoms. The van der Waals surface area contributed by atoms with Crippen LogP contribution in [0.4, 0.5) is 13.2 Å². The van der Waals surface area contributed by atoms with Gasteiger partial charge in [0.2, 0.25) is 0 Å². The van der Waals surface area contributed by atoms with Gasteiger partial charge in [0.25, 0.3) is 10.0 Å². The Labute approximate surface area is 98.5 Å². The number of hydrogen-bond donors (Lipinski definition) is 0. The largest absolute Gasteiger partial charge is 0.416 e. The van der Waals surface area contributed by atoms with Gasteiger partial charge in [-0.3, -0.25) is 0 Å². The zero-order valence-electron chi connectivity index (χ0n) is 7.81. The van der Waals surface area contributed by atoms with E-state index in [9.17, 15) is 21.6 Å². The summed E-state index contributed by atoms with van der Waals surface area (Å²) in [5.74, 6) is 0. The Hall–Kier alpha value is -1.44. The lowest BCUT2D eigenvalue weighted by Gasteiger charge is -2.08. The molecular formula is C7H3ClF3N3O2S. The van der Waals surface area contributed by atoms with Crippen LogP contribution in [0.1, 0.15) is 5.56 Å². The second kappa shape index (κ2) is 4.44. The molecule has 0 saturated heterocycles. The molecule has 0 aliphatic rings. The summed E-state index contributed by atoms with van der Waals surface area (Å²) in [5, 5.41) is -0.453. The molecule has 0 bridgehead atoms. The third-order valence-corrected chi connectivity index (χ3v) is 3.30. The fourth-order valence-corrected chi connectivity index (χ4v) is 2.15. The normalized spacial score (nSPS) is 12.0. The molecule has 1 rings (SSSR count). The quantitative estimate of drug-likeness (QED) is 0.474. The van der Waals surface area contributed by atoms with Gasteiger partial charge < -0.3 is 0 Å². The van der Waals surface area contributed by atoms with Crippen molar-refractivity contribution >= 4 is 21.6 Å². The molecule has 17 heavy (non-hydrogen) atoms. The van der Waals surface area contributed by atoms with Crippen molar-refractivity contribution in [2.24, 2.45) is 4.52 Å². The number of hydrogen-bond acceptors (Lipinski definition) is 2. The maximum Gasteiger partial charge on any atom is 0.416 e. The first kappa shape index (κ1) is 13.6. The van der Waals surface area contributed by atoms with Crippen LogP contribution < -0.4 is 0 Å². The van der Waals surface area contributed by atoms with Crippen LogP contribution in [0.15, 0.2) is 27.6 Å². The van der Waals surface area contributed by atoms with Crippen LogP contribution in [0, 0.1) is 0 Å². The van der Waals surface area contributed by atoms with E-state index in [-0.39, 0.29) is 0 Å². The number of benzene rings is 1. The average Bonchev–Trinajstić information content (AvgIpc) is 2.15. The first-order valence-corrected chi connectivity index (χ1v) is 5.68. The first-order chi connectivity index (χ1) is 7.68. The van der Waals surface area contributed by atoms with Gasteiger partial charge in [0, 0.05) is 9.43 Å². The van der Waals surface area contributed by atoms with Gasteiger partial charge in [-0.15, -0.1) is 0 Å². The molecule has 1 aromatic carbocycles. The molecule has 0 aliphatic carbocycles. The highest BCUT2D eigenvalue weighted by Gasteiger charge is 2.32. The second-order valence-corrected chi connectivity index (χ2v) is 4.75. The van der Waals surface area contributed by atoms with Gasteiger partial charge in [0.1, 0.15) is 0 Å². The van der Waals surface area contributed by atoms with E-state index in [0.717, 1.165) is 6.07 Å². The minimum atomic E-state index is -4.72. The summed E-state index contributed by atoms with van der Waals surface area (Å²) in [4.78, 5) is 1.13. The topological polar surface area (TPSA) is 82.9 Å². The van der Waals surface area contributed by atoms with E-state index in [1.807, 2.05) is 4.91 Å². The lowest BCUT2D eigenvalue weighted by Crippen LogP contribution is -2.07. The van der Waals surface area contributed by atoms with Crippen LogP contribution in [0.2, 0.25) is 5.02 Å². The van der Waals surface area contributed by atoms with E-state index in [0.29, 0.717) is 12.1 Å². The van der Waals surface area contributed by atoms with Crippen molar-refractivity contribution in [2.75, 3.05) is 0 Å². The molecule has 0 spiro atoms. The van der Waals surface area contributed by atoms with Gasteiger partial charge in [-0.2, -0.15) is 13.2 Å². The van der Waals surface area contributed by atoms with Crippen molar-refractivity contribution in [1.82, 2.24) is 0 Å². The summed E-state index contributed by atoms with van der Waals surface area (Å²) in [7, 11) is -4.55. The zero-order chi connectivity index (χ0) is 13.3. The van der Waals surface area contributed by atoms with E-state index in [4.69, 9.17) is 17.1 Å². The molecule has 5 nitrogen and oxygen atoms in total. The predicted octanol–water partition coefficient (Wildman–Crippen LogP) is 3.36. The van der Waals surface area contributed by atoms with Gasteiger partial charge in [0.05, 0.1) is 15.5 Å². The van der Waals surface area contributed by atoms with Crippen molar-refractivity contribution < 1.29 is 21.6 Å². The molecule has 0 saturated carbocycles. The van der Waals surface area contributed by atoms with E-state index < -0.39 is 31.7 Å². The third kappa shape index (κ3) is 3.02.